The van der Waals surface area contributed by atoms with Gasteiger partial charge < -0.3 is 30.6 Å². The molecule has 19 heavy (non-hydrogen) atoms. The van der Waals surface area contributed by atoms with Gasteiger partial charge in [-0.15, -0.1) is 0 Å². The van der Waals surface area contributed by atoms with E-state index in [0.717, 1.165) is 6.07 Å². The summed E-state index contributed by atoms with van der Waals surface area (Å²) in [5.74, 6) is -2.67. The lowest BCUT2D eigenvalue weighted by atomic mass is 10.0. The quantitative estimate of drug-likeness (QED) is 0.361. The average molecular weight is 264 g/mol. The maximum atomic E-state index is 9.62. The first-order valence-electron chi connectivity index (χ1n) is 5.36. The van der Waals surface area contributed by atoms with Crippen LogP contribution < -0.4 is 0 Å². The lowest BCUT2D eigenvalue weighted by molar-refractivity contribution is 0.367. The molecule has 2 aromatic carbocycles. The fourth-order valence-corrected chi connectivity index (χ4v) is 1.73. The van der Waals surface area contributed by atoms with E-state index in [4.69, 9.17) is 0 Å². The van der Waals surface area contributed by atoms with Crippen LogP contribution in [0.2, 0.25) is 0 Å². The molecule has 6 heteroatoms. The zero-order valence-corrected chi connectivity index (χ0v) is 9.70. The van der Waals surface area contributed by atoms with Gasteiger partial charge in [0.2, 0.25) is 0 Å². The molecule has 0 amide bonds. The van der Waals surface area contributed by atoms with Crippen molar-refractivity contribution in [1.82, 2.24) is 0 Å². The summed E-state index contributed by atoms with van der Waals surface area (Å²) in [6.07, 6.45) is 0.0844. The van der Waals surface area contributed by atoms with E-state index in [9.17, 15) is 30.6 Å². The van der Waals surface area contributed by atoms with Gasteiger partial charge in [-0.25, -0.2) is 0 Å². The molecule has 0 aliphatic carbocycles. The number of hydrogen-bond acceptors (Lipinski definition) is 6. The van der Waals surface area contributed by atoms with Crippen LogP contribution in [0.5, 0.6) is 34.5 Å². The molecule has 0 saturated heterocycles. The third kappa shape index (κ3) is 2.42. The van der Waals surface area contributed by atoms with Crippen molar-refractivity contribution in [3.8, 4) is 34.5 Å². The Balaban J connectivity index is 2.39. The predicted octanol–water partition coefficient (Wildman–Crippen LogP) is 1.51. The second-order valence-electron chi connectivity index (χ2n) is 4.13. The zero-order chi connectivity index (χ0) is 14.2. The number of aromatic hydroxyl groups is 6. The van der Waals surface area contributed by atoms with Crippen LogP contribution >= 0.6 is 0 Å². The molecule has 100 valence electrons. The topological polar surface area (TPSA) is 121 Å². The van der Waals surface area contributed by atoms with Crippen molar-refractivity contribution in [3.05, 3.63) is 35.4 Å². The van der Waals surface area contributed by atoms with E-state index in [2.05, 4.69) is 0 Å². The Bertz CT molecular complexity index is 612. The molecule has 0 aliphatic heterocycles. The van der Waals surface area contributed by atoms with E-state index in [1.165, 1.54) is 18.2 Å². The maximum Gasteiger partial charge on any atom is 0.200 e. The van der Waals surface area contributed by atoms with Crippen LogP contribution in [0.1, 0.15) is 11.1 Å². The van der Waals surface area contributed by atoms with E-state index in [1.807, 2.05) is 0 Å². The highest BCUT2D eigenvalue weighted by molar-refractivity contribution is 5.54. The van der Waals surface area contributed by atoms with E-state index in [-0.39, 0.29) is 17.9 Å². The first-order chi connectivity index (χ1) is 8.88. The van der Waals surface area contributed by atoms with Gasteiger partial charge in [-0.3, -0.25) is 0 Å². The monoisotopic (exact) mass is 264 g/mol. The molecular weight excluding hydrogens is 252 g/mol. The van der Waals surface area contributed by atoms with E-state index in [1.54, 1.807) is 0 Å². The number of phenolic OH excluding ortho intramolecular Hbond substituents is 6. The van der Waals surface area contributed by atoms with E-state index in [0.29, 0.717) is 11.1 Å². The second kappa shape index (κ2) is 4.49. The number of benzene rings is 2. The number of hydrogen-bond donors (Lipinski definition) is 6. The van der Waals surface area contributed by atoms with Crippen LogP contribution in [0.4, 0.5) is 0 Å². The average Bonchev–Trinajstić information content (AvgIpc) is 2.33. The summed E-state index contributed by atoms with van der Waals surface area (Å²) in [4.78, 5) is 0. The first-order valence-corrected chi connectivity index (χ1v) is 5.36. The van der Waals surface area contributed by atoms with Crippen molar-refractivity contribution in [3.63, 3.8) is 0 Å². The molecule has 0 aliphatic rings. The zero-order valence-electron chi connectivity index (χ0n) is 9.70. The highest BCUT2D eigenvalue weighted by atomic mass is 16.3. The van der Waals surface area contributed by atoms with Crippen molar-refractivity contribution >= 4 is 0 Å². The van der Waals surface area contributed by atoms with E-state index < -0.39 is 23.0 Å². The van der Waals surface area contributed by atoms with Crippen LogP contribution in [0.25, 0.3) is 0 Å². The molecule has 0 aromatic heterocycles. The summed E-state index contributed by atoms with van der Waals surface area (Å²) in [5.41, 5.74) is 0.702. The lowest BCUT2D eigenvalue weighted by Crippen LogP contribution is -1.90. The van der Waals surface area contributed by atoms with Crippen LogP contribution in [0, 0.1) is 0 Å². The Kier molecular flexibility index (Phi) is 3.00. The first kappa shape index (κ1) is 12.7. The van der Waals surface area contributed by atoms with Crippen molar-refractivity contribution in [2.24, 2.45) is 0 Å². The molecule has 0 bridgehead atoms. The summed E-state index contributed by atoms with van der Waals surface area (Å²) >= 11 is 0. The molecule has 2 aromatic rings. The lowest BCUT2D eigenvalue weighted by Gasteiger charge is -2.09. The van der Waals surface area contributed by atoms with Gasteiger partial charge in [-0.1, -0.05) is 0 Å². The molecule has 0 spiro atoms. The van der Waals surface area contributed by atoms with Gasteiger partial charge in [0.15, 0.2) is 28.7 Å². The second-order valence-corrected chi connectivity index (χ2v) is 4.13. The maximum absolute atomic E-state index is 9.62. The molecule has 0 fully saturated rings. The smallest absolute Gasteiger partial charge is 0.200 e. The van der Waals surface area contributed by atoms with Crippen molar-refractivity contribution in [2.75, 3.05) is 0 Å². The summed E-state index contributed by atoms with van der Waals surface area (Å²) in [7, 11) is 0. The summed E-state index contributed by atoms with van der Waals surface area (Å²) < 4.78 is 0. The van der Waals surface area contributed by atoms with Gasteiger partial charge in [0, 0.05) is 18.1 Å². The van der Waals surface area contributed by atoms with Gasteiger partial charge in [-0.05, 0) is 23.8 Å². The van der Waals surface area contributed by atoms with Crippen molar-refractivity contribution in [2.45, 2.75) is 6.42 Å². The molecule has 0 unspecified atom stereocenters. The Morgan fingerprint density at radius 3 is 1.68 bits per heavy atom. The Labute approximate surface area is 108 Å². The highest BCUT2D eigenvalue weighted by Gasteiger charge is 2.12. The van der Waals surface area contributed by atoms with Gasteiger partial charge in [0.1, 0.15) is 5.75 Å². The number of rotatable bonds is 2. The summed E-state index contributed by atoms with van der Waals surface area (Å²) in [5, 5.41) is 56.1. The van der Waals surface area contributed by atoms with Crippen LogP contribution in [0.3, 0.4) is 0 Å². The molecule has 0 saturated carbocycles. The van der Waals surface area contributed by atoms with E-state index >= 15 is 0 Å². The minimum absolute atomic E-state index is 0.0844. The minimum Gasteiger partial charge on any atom is -0.508 e. The molecular formula is C13H12O6. The molecule has 2 rings (SSSR count). The molecule has 0 heterocycles. The molecule has 6 N–H and O–H groups in total. The fraction of sp³-hybridized carbons (Fsp3) is 0.0769. The Morgan fingerprint density at radius 2 is 1.11 bits per heavy atom. The van der Waals surface area contributed by atoms with Gasteiger partial charge in [0.25, 0.3) is 0 Å². The highest BCUT2D eigenvalue weighted by Crippen LogP contribution is 2.38. The number of phenols is 6. The van der Waals surface area contributed by atoms with Gasteiger partial charge >= 0.3 is 0 Å². The van der Waals surface area contributed by atoms with Crippen molar-refractivity contribution < 1.29 is 30.6 Å². The normalized spacial score (nSPS) is 10.5. The largest absolute Gasteiger partial charge is 0.508 e. The third-order valence-electron chi connectivity index (χ3n) is 2.70. The SMILES string of the molecule is Oc1cc(O)c(Cc2cc(O)c(O)c(O)c2)cc1O. The van der Waals surface area contributed by atoms with Crippen molar-refractivity contribution in [1.29, 1.82) is 0 Å². The van der Waals surface area contributed by atoms with Gasteiger partial charge in [0.05, 0.1) is 0 Å². The fourth-order valence-electron chi connectivity index (χ4n) is 1.73. The molecule has 6 nitrogen and oxygen atoms in total. The minimum atomic E-state index is -0.624. The molecule has 0 radical (unpaired) electrons. The third-order valence-corrected chi connectivity index (χ3v) is 2.70. The standard InChI is InChI=1S/C13H12O6/c14-8-5-10(16)9(15)4-7(8)1-6-2-11(17)13(19)12(18)3-6/h2-5,14-19H,1H2. The summed E-state index contributed by atoms with van der Waals surface area (Å²) in [6, 6.07) is 4.60. The van der Waals surface area contributed by atoms with Gasteiger partial charge in [-0.2, -0.15) is 0 Å². The van der Waals surface area contributed by atoms with Crippen LogP contribution in [-0.4, -0.2) is 30.6 Å². The predicted molar refractivity (Wildman–Crippen MR) is 65.7 cm³/mol. The Morgan fingerprint density at radius 1 is 0.579 bits per heavy atom. The summed E-state index contributed by atoms with van der Waals surface area (Å²) in [6.45, 7) is 0. The molecule has 0 atom stereocenters. The Hall–Kier alpha value is -2.76. The van der Waals surface area contributed by atoms with Crippen LogP contribution in [0.15, 0.2) is 24.3 Å². The van der Waals surface area contributed by atoms with Crippen LogP contribution in [-0.2, 0) is 6.42 Å².